The first-order valence-corrected chi connectivity index (χ1v) is 6.86. The van der Waals surface area contributed by atoms with Gasteiger partial charge in [0.2, 0.25) is 0 Å². The minimum absolute atomic E-state index is 0.491. The van der Waals surface area contributed by atoms with E-state index in [2.05, 4.69) is 67.1 Å². The second-order valence-corrected chi connectivity index (χ2v) is 5.43. The van der Waals surface area contributed by atoms with E-state index in [1.165, 1.54) is 22.4 Å². The van der Waals surface area contributed by atoms with E-state index in [0.29, 0.717) is 6.04 Å². The molecule has 0 amide bonds. The molecule has 102 valence electrons. The van der Waals surface area contributed by atoms with Gasteiger partial charge in [-0.3, -0.25) is 4.68 Å². The molecule has 0 spiro atoms. The van der Waals surface area contributed by atoms with Crippen LogP contribution in [0.25, 0.3) is 0 Å². The SMILES string of the molecule is Cc1ccc(Cn2nccc2CNC(C)C)cc1C. The van der Waals surface area contributed by atoms with E-state index in [1.54, 1.807) is 0 Å². The number of hydrogen-bond donors (Lipinski definition) is 1. The molecule has 0 aliphatic rings. The summed E-state index contributed by atoms with van der Waals surface area (Å²) in [5, 5.41) is 7.85. The smallest absolute Gasteiger partial charge is 0.0663 e. The maximum Gasteiger partial charge on any atom is 0.0663 e. The molecule has 3 heteroatoms. The van der Waals surface area contributed by atoms with E-state index in [0.717, 1.165) is 13.1 Å². The summed E-state index contributed by atoms with van der Waals surface area (Å²) in [6.07, 6.45) is 1.87. The minimum Gasteiger partial charge on any atom is -0.309 e. The van der Waals surface area contributed by atoms with Gasteiger partial charge in [-0.05, 0) is 36.6 Å². The lowest BCUT2D eigenvalue weighted by Crippen LogP contribution is -2.23. The van der Waals surface area contributed by atoms with Gasteiger partial charge in [-0.2, -0.15) is 5.10 Å². The van der Waals surface area contributed by atoms with Crippen LogP contribution in [0.2, 0.25) is 0 Å². The van der Waals surface area contributed by atoms with Crippen molar-refractivity contribution in [3.05, 3.63) is 52.8 Å². The van der Waals surface area contributed by atoms with Crippen molar-refractivity contribution in [1.82, 2.24) is 15.1 Å². The van der Waals surface area contributed by atoms with Crippen molar-refractivity contribution in [2.45, 2.75) is 46.8 Å². The zero-order valence-electron chi connectivity index (χ0n) is 12.3. The number of rotatable bonds is 5. The van der Waals surface area contributed by atoms with E-state index in [4.69, 9.17) is 0 Å². The van der Waals surface area contributed by atoms with Crippen molar-refractivity contribution in [2.24, 2.45) is 0 Å². The fourth-order valence-corrected chi connectivity index (χ4v) is 2.04. The number of aromatic nitrogens is 2. The van der Waals surface area contributed by atoms with Gasteiger partial charge < -0.3 is 5.32 Å². The van der Waals surface area contributed by atoms with Crippen molar-refractivity contribution in [1.29, 1.82) is 0 Å². The summed E-state index contributed by atoms with van der Waals surface area (Å²) in [6, 6.07) is 9.18. The highest BCUT2D eigenvalue weighted by Crippen LogP contribution is 2.12. The lowest BCUT2D eigenvalue weighted by Gasteiger charge is -2.11. The zero-order chi connectivity index (χ0) is 13.8. The van der Waals surface area contributed by atoms with Gasteiger partial charge in [-0.25, -0.2) is 0 Å². The Morgan fingerprint density at radius 1 is 1.16 bits per heavy atom. The summed E-state index contributed by atoms with van der Waals surface area (Å²) in [6.45, 7) is 10.3. The maximum absolute atomic E-state index is 4.42. The molecule has 2 rings (SSSR count). The normalized spacial score (nSPS) is 11.2. The molecule has 0 fully saturated rings. The Morgan fingerprint density at radius 2 is 1.95 bits per heavy atom. The van der Waals surface area contributed by atoms with Crippen molar-refractivity contribution >= 4 is 0 Å². The average molecular weight is 257 g/mol. The number of nitrogens with zero attached hydrogens (tertiary/aromatic N) is 2. The van der Waals surface area contributed by atoms with Gasteiger partial charge in [0.05, 0.1) is 12.2 Å². The van der Waals surface area contributed by atoms with Crippen LogP contribution < -0.4 is 5.32 Å². The van der Waals surface area contributed by atoms with E-state index in [-0.39, 0.29) is 0 Å². The maximum atomic E-state index is 4.42. The number of benzene rings is 1. The summed E-state index contributed by atoms with van der Waals surface area (Å²) in [5.41, 5.74) is 5.21. The van der Waals surface area contributed by atoms with E-state index >= 15 is 0 Å². The molecule has 3 nitrogen and oxygen atoms in total. The Bertz CT molecular complexity index is 541. The van der Waals surface area contributed by atoms with E-state index in [9.17, 15) is 0 Å². The third kappa shape index (κ3) is 3.67. The molecule has 0 radical (unpaired) electrons. The van der Waals surface area contributed by atoms with Crippen molar-refractivity contribution in [3.8, 4) is 0 Å². The fourth-order valence-electron chi connectivity index (χ4n) is 2.04. The summed E-state index contributed by atoms with van der Waals surface area (Å²) in [5.74, 6) is 0. The fraction of sp³-hybridized carbons (Fsp3) is 0.438. The Morgan fingerprint density at radius 3 is 2.63 bits per heavy atom. The third-order valence-electron chi connectivity index (χ3n) is 3.40. The molecule has 0 saturated carbocycles. The van der Waals surface area contributed by atoms with Crippen LogP contribution in [-0.4, -0.2) is 15.8 Å². The highest BCUT2D eigenvalue weighted by atomic mass is 15.3. The topological polar surface area (TPSA) is 29.9 Å². The second-order valence-electron chi connectivity index (χ2n) is 5.43. The molecular weight excluding hydrogens is 234 g/mol. The third-order valence-corrected chi connectivity index (χ3v) is 3.40. The summed E-state index contributed by atoms with van der Waals surface area (Å²) in [7, 11) is 0. The van der Waals surface area contributed by atoms with Crippen LogP contribution in [0.5, 0.6) is 0 Å². The second kappa shape index (κ2) is 6.02. The molecule has 1 aromatic heterocycles. The van der Waals surface area contributed by atoms with Crippen LogP contribution in [-0.2, 0) is 13.1 Å². The van der Waals surface area contributed by atoms with Crippen LogP contribution in [0, 0.1) is 13.8 Å². The Kier molecular flexibility index (Phi) is 4.38. The first-order chi connectivity index (χ1) is 9.06. The molecule has 0 saturated heterocycles. The Labute approximate surface area is 115 Å². The van der Waals surface area contributed by atoms with Gasteiger partial charge in [-0.1, -0.05) is 32.0 Å². The van der Waals surface area contributed by atoms with Crippen LogP contribution >= 0.6 is 0 Å². The van der Waals surface area contributed by atoms with Gasteiger partial charge in [0, 0.05) is 18.8 Å². The largest absolute Gasteiger partial charge is 0.309 e. The molecule has 1 N–H and O–H groups in total. The number of aryl methyl sites for hydroxylation is 2. The minimum atomic E-state index is 0.491. The predicted molar refractivity (Wildman–Crippen MR) is 79.2 cm³/mol. The molecule has 0 bridgehead atoms. The molecule has 2 aromatic rings. The first-order valence-electron chi connectivity index (χ1n) is 6.86. The quantitative estimate of drug-likeness (QED) is 0.892. The Hall–Kier alpha value is -1.61. The first kappa shape index (κ1) is 13.8. The molecule has 0 aliphatic heterocycles. The van der Waals surface area contributed by atoms with E-state index in [1.807, 2.05) is 6.20 Å². The molecule has 0 atom stereocenters. The molecule has 0 unspecified atom stereocenters. The van der Waals surface area contributed by atoms with Crippen LogP contribution in [0.1, 0.15) is 36.2 Å². The lowest BCUT2D eigenvalue weighted by atomic mass is 10.1. The lowest BCUT2D eigenvalue weighted by molar-refractivity contribution is 0.547. The van der Waals surface area contributed by atoms with Gasteiger partial charge in [0.1, 0.15) is 0 Å². The highest BCUT2D eigenvalue weighted by molar-refractivity contribution is 5.30. The molecule has 19 heavy (non-hydrogen) atoms. The summed E-state index contributed by atoms with van der Waals surface area (Å²) < 4.78 is 2.07. The predicted octanol–water partition coefficient (Wildman–Crippen LogP) is 3.05. The highest BCUT2D eigenvalue weighted by Gasteiger charge is 2.05. The Balaban J connectivity index is 2.10. The van der Waals surface area contributed by atoms with Gasteiger partial charge in [0.25, 0.3) is 0 Å². The van der Waals surface area contributed by atoms with Crippen LogP contribution in [0.15, 0.2) is 30.5 Å². The van der Waals surface area contributed by atoms with Gasteiger partial charge in [-0.15, -0.1) is 0 Å². The average Bonchev–Trinajstić information content (AvgIpc) is 2.79. The molecule has 1 heterocycles. The molecule has 1 aromatic carbocycles. The monoisotopic (exact) mass is 257 g/mol. The van der Waals surface area contributed by atoms with Crippen LogP contribution in [0.4, 0.5) is 0 Å². The van der Waals surface area contributed by atoms with Crippen molar-refractivity contribution in [2.75, 3.05) is 0 Å². The molecule has 0 aliphatic carbocycles. The van der Waals surface area contributed by atoms with Crippen molar-refractivity contribution < 1.29 is 0 Å². The summed E-state index contributed by atoms with van der Waals surface area (Å²) in [4.78, 5) is 0. The van der Waals surface area contributed by atoms with Gasteiger partial charge >= 0.3 is 0 Å². The number of hydrogen-bond acceptors (Lipinski definition) is 2. The zero-order valence-corrected chi connectivity index (χ0v) is 12.3. The van der Waals surface area contributed by atoms with Crippen molar-refractivity contribution in [3.63, 3.8) is 0 Å². The number of nitrogens with one attached hydrogen (secondary N) is 1. The summed E-state index contributed by atoms with van der Waals surface area (Å²) >= 11 is 0. The molecular formula is C16H23N3. The van der Waals surface area contributed by atoms with Crippen LogP contribution in [0.3, 0.4) is 0 Å². The van der Waals surface area contributed by atoms with Gasteiger partial charge in [0.15, 0.2) is 0 Å². The standard InChI is InChI=1S/C16H23N3/c1-12(2)17-10-16-7-8-18-19(16)11-15-6-5-13(3)14(4)9-15/h5-9,12,17H,10-11H2,1-4H3. The van der Waals surface area contributed by atoms with E-state index < -0.39 is 0 Å².